The minimum atomic E-state index is -0.703. The van der Waals surface area contributed by atoms with Crippen LogP contribution in [-0.4, -0.2) is 10.9 Å². The summed E-state index contributed by atoms with van der Waals surface area (Å²) in [5, 5.41) is 0. The van der Waals surface area contributed by atoms with Crippen LogP contribution in [0.15, 0.2) is 17.1 Å². The molecule has 0 spiro atoms. The number of carbonyl (C=O) groups is 1. The van der Waals surface area contributed by atoms with Crippen LogP contribution >= 0.6 is 0 Å². The van der Waals surface area contributed by atoms with Crippen molar-refractivity contribution in [3.05, 3.63) is 33.7 Å². The van der Waals surface area contributed by atoms with E-state index in [-0.39, 0.29) is 11.0 Å². The topological polar surface area (TPSA) is 76.0 Å². The van der Waals surface area contributed by atoms with E-state index in [9.17, 15) is 9.59 Å². The number of primary amides is 1. The van der Waals surface area contributed by atoms with Crippen LogP contribution in [0.25, 0.3) is 0 Å². The molecule has 4 nitrogen and oxygen atoms in total. The second-order valence-electron chi connectivity index (χ2n) is 2.26. The highest BCUT2D eigenvalue weighted by Crippen LogP contribution is 1.89. The summed E-state index contributed by atoms with van der Waals surface area (Å²) in [5.74, 6) is -0.703. The number of nitrogens with one attached hydrogen (secondary N) is 1. The van der Waals surface area contributed by atoms with Crippen molar-refractivity contribution in [3.8, 4) is 0 Å². The van der Waals surface area contributed by atoms with Crippen LogP contribution in [0.5, 0.6) is 0 Å². The molecule has 1 aromatic heterocycles. The minimum Gasteiger partial charge on any atom is -0.365 e. The molecule has 0 aliphatic rings. The molecule has 1 amide bonds. The number of aromatic nitrogens is 1. The zero-order valence-corrected chi connectivity index (χ0v) is 6.05. The van der Waals surface area contributed by atoms with Gasteiger partial charge in [0.15, 0.2) is 5.43 Å². The summed E-state index contributed by atoms with van der Waals surface area (Å²) in [6, 6.07) is 1.33. The van der Waals surface area contributed by atoms with E-state index in [2.05, 4.69) is 4.98 Å². The molecule has 0 unspecified atom stereocenters. The highest BCUT2D eigenvalue weighted by Gasteiger charge is 2.03. The molecule has 3 N–H and O–H groups in total. The van der Waals surface area contributed by atoms with Crippen LogP contribution in [0.2, 0.25) is 0 Å². The third kappa shape index (κ3) is 1.46. The molecule has 1 heterocycles. The molecule has 0 aromatic carbocycles. The van der Waals surface area contributed by atoms with Gasteiger partial charge < -0.3 is 10.7 Å². The number of hydrogen-bond acceptors (Lipinski definition) is 2. The van der Waals surface area contributed by atoms with Gasteiger partial charge in [0.05, 0.1) is 0 Å². The summed E-state index contributed by atoms with van der Waals surface area (Å²) >= 11 is 0. The van der Waals surface area contributed by atoms with Crippen molar-refractivity contribution in [1.29, 1.82) is 0 Å². The third-order valence-corrected chi connectivity index (χ3v) is 1.32. The lowest BCUT2D eigenvalue weighted by molar-refractivity contribution is 0.0999. The highest BCUT2D eigenvalue weighted by molar-refractivity contribution is 5.92. The van der Waals surface area contributed by atoms with Crippen molar-refractivity contribution in [2.45, 2.75) is 6.92 Å². The number of carbonyl (C=O) groups excluding carboxylic acids is 1. The van der Waals surface area contributed by atoms with Gasteiger partial charge in [0.2, 0.25) is 0 Å². The molecule has 1 aromatic rings. The van der Waals surface area contributed by atoms with Crippen molar-refractivity contribution in [3.63, 3.8) is 0 Å². The van der Waals surface area contributed by atoms with E-state index < -0.39 is 5.91 Å². The molecule has 1 rings (SSSR count). The smallest absolute Gasteiger partial charge is 0.254 e. The Kier molecular flexibility index (Phi) is 1.76. The van der Waals surface area contributed by atoms with Crippen molar-refractivity contribution in [1.82, 2.24) is 4.98 Å². The Labute approximate surface area is 63.0 Å². The number of amides is 1. The van der Waals surface area contributed by atoms with Crippen molar-refractivity contribution < 1.29 is 4.79 Å². The van der Waals surface area contributed by atoms with Gasteiger partial charge in [-0.2, -0.15) is 0 Å². The first kappa shape index (κ1) is 7.53. The third-order valence-electron chi connectivity index (χ3n) is 1.32. The Hall–Kier alpha value is -1.58. The van der Waals surface area contributed by atoms with Gasteiger partial charge in [-0.25, -0.2) is 0 Å². The zero-order chi connectivity index (χ0) is 8.43. The molecule has 0 saturated heterocycles. The Balaban J connectivity index is 3.32. The SMILES string of the molecule is Cc1cc(=O)c(C(N)=O)c[nH]1. The summed E-state index contributed by atoms with van der Waals surface area (Å²) in [6.07, 6.45) is 1.32. The average molecular weight is 152 g/mol. The second-order valence-corrected chi connectivity index (χ2v) is 2.26. The first-order chi connectivity index (χ1) is 5.11. The quantitative estimate of drug-likeness (QED) is 0.583. The van der Waals surface area contributed by atoms with Crippen LogP contribution in [0.4, 0.5) is 0 Å². The van der Waals surface area contributed by atoms with E-state index in [4.69, 9.17) is 5.73 Å². The second kappa shape index (κ2) is 2.57. The van der Waals surface area contributed by atoms with Crippen LogP contribution < -0.4 is 11.2 Å². The van der Waals surface area contributed by atoms with Crippen molar-refractivity contribution in [2.75, 3.05) is 0 Å². The van der Waals surface area contributed by atoms with Gasteiger partial charge in [-0.05, 0) is 6.92 Å². The van der Waals surface area contributed by atoms with Gasteiger partial charge in [-0.1, -0.05) is 0 Å². The maximum absolute atomic E-state index is 11.0. The van der Waals surface area contributed by atoms with E-state index in [1.165, 1.54) is 12.3 Å². The summed E-state index contributed by atoms with van der Waals surface area (Å²) in [7, 11) is 0. The maximum atomic E-state index is 11.0. The minimum absolute atomic E-state index is 0.00407. The van der Waals surface area contributed by atoms with Crippen LogP contribution in [0, 0.1) is 6.92 Å². The molecule has 11 heavy (non-hydrogen) atoms. The maximum Gasteiger partial charge on any atom is 0.254 e. The molecule has 58 valence electrons. The van der Waals surface area contributed by atoms with Crippen LogP contribution in [0.1, 0.15) is 16.1 Å². The number of pyridine rings is 1. The average Bonchev–Trinajstić information content (AvgIpc) is 1.85. The largest absolute Gasteiger partial charge is 0.365 e. The van der Waals surface area contributed by atoms with Gasteiger partial charge >= 0.3 is 0 Å². The Morgan fingerprint density at radius 1 is 1.64 bits per heavy atom. The number of nitrogens with two attached hydrogens (primary N) is 1. The fraction of sp³-hybridized carbons (Fsp3) is 0.143. The summed E-state index contributed by atoms with van der Waals surface area (Å²) in [6.45, 7) is 1.73. The van der Waals surface area contributed by atoms with Gasteiger partial charge in [0.1, 0.15) is 5.56 Å². The molecule has 0 aliphatic carbocycles. The molecule has 0 radical (unpaired) electrons. The molecule has 0 bridgehead atoms. The molecule has 0 aliphatic heterocycles. The predicted octanol–water partition coefficient (Wildman–Crippen LogP) is -0.218. The highest BCUT2D eigenvalue weighted by atomic mass is 16.2. The van der Waals surface area contributed by atoms with Gasteiger partial charge in [-0.3, -0.25) is 9.59 Å². The molecular weight excluding hydrogens is 144 g/mol. The fourth-order valence-electron chi connectivity index (χ4n) is 0.766. The normalized spacial score (nSPS) is 9.55. The number of hydrogen-bond donors (Lipinski definition) is 2. The molecule has 4 heteroatoms. The summed E-state index contributed by atoms with van der Waals surface area (Å²) in [5.41, 5.74) is 5.27. The molecule has 0 saturated carbocycles. The van der Waals surface area contributed by atoms with Crippen molar-refractivity contribution in [2.24, 2.45) is 5.73 Å². The number of H-pyrrole nitrogens is 1. The lowest BCUT2D eigenvalue weighted by Gasteiger charge is -1.94. The Bertz CT molecular complexity index is 341. The van der Waals surface area contributed by atoms with E-state index in [1.54, 1.807) is 6.92 Å². The van der Waals surface area contributed by atoms with Crippen molar-refractivity contribution >= 4 is 5.91 Å². The summed E-state index contributed by atoms with van der Waals surface area (Å²) in [4.78, 5) is 24.2. The van der Waals surface area contributed by atoms with E-state index in [1.807, 2.05) is 0 Å². The monoisotopic (exact) mass is 152 g/mol. The van der Waals surface area contributed by atoms with Gasteiger partial charge in [0, 0.05) is 18.0 Å². The Morgan fingerprint density at radius 2 is 2.27 bits per heavy atom. The van der Waals surface area contributed by atoms with Crippen LogP contribution in [-0.2, 0) is 0 Å². The lowest BCUT2D eigenvalue weighted by Crippen LogP contribution is -2.21. The van der Waals surface area contributed by atoms with Crippen LogP contribution in [0.3, 0.4) is 0 Å². The van der Waals surface area contributed by atoms with E-state index >= 15 is 0 Å². The molecule has 0 atom stereocenters. The predicted molar refractivity (Wildman–Crippen MR) is 40.3 cm³/mol. The van der Waals surface area contributed by atoms with E-state index in [0.29, 0.717) is 5.69 Å². The van der Waals surface area contributed by atoms with Gasteiger partial charge in [-0.15, -0.1) is 0 Å². The Morgan fingerprint density at radius 3 is 2.73 bits per heavy atom. The van der Waals surface area contributed by atoms with E-state index in [0.717, 1.165) is 0 Å². The first-order valence-corrected chi connectivity index (χ1v) is 3.10. The number of rotatable bonds is 1. The summed E-state index contributed by atoms with van der Waals surface area (Å²) < 4.78 is 0. The lowest BCUT2D eigenvalue weighted by atomic mass is 10.2. The zero-order valence-electron chi connectivity index (χ0n) is 6.05. The standard InChI is InChI=1S/C7H8N2O2/c1-4-2-6(10)5(3-9-4)7(8)11/h2-3H,1H3,(H2,8,11)(H,9,10). The number of aromatic amines is 1. The van der Waals surface area contributed by atoms with Gasteiger partial charge in [0.25, 0.3) is 5.91 Å². The molecular formula is C7H8N2O2. The first-order valence-electron chi connectivity index (χ1n) is 3.10. The molecule has 0 fully saturated rings. The fourth-order valence-corrected chi connectivity index (χ4v) is 0.766. The number of aryl methyl sites for hydroxylation is 1.